The molecular formula is C23H27N3O3S. The number of thioether (sulfide) groups is 1. The number of amides is 1. The van der Waals surface area contributed by atoms with Gasteiger partial charge in [-0.05, 0) is 24.6 Å². The number of aromatic nitrogens is 1. The third kappa shape index (κ3) is 5.41. The van der Waals surface area contributed by atoms with Crippen molar-refractivity contribution < 1.29 is 13.9 Å². The highest BCUT2D eigenvalue weighted by Gasteiger charge is 2.24. The van der Waals surface area contributed by atoms with Crippen molar-refractivity contribution in [2.45, 2.75) is 24.7 Å². The molecule has 2 aromatic carbocycles. The molecule has 0 bridgehead atoms. The predicted octanol–water partition coefficient (Wildman–Crippen LogP) is 3.67. The minimum Gasteiger partial charge on any atom is -0.431 e. The summed E-state index contributed by atoms with van der Waals surface area (Å²) >= 11 is 1.35. The summed E-state index contributed by atoms with van der Waals surface area (Å²) in [6.45, 7) is 6.90. The van der Waals surface area contributed by atoms with Gasteiger partial charge >= 0.3 is 0 Å². The Kier molecular flexibility index (Phi) is 7.04. The van der Waals surface area contributed by atoms with Crippen LogP contribution in [0.2, 0.25) is 0 Å². The standard InChI is InChI=1S/C23H27N3O3S/c1-18(15-25-11-13-28-14-12-25)26(16-19-7-3-2-4-8-19)22(27)17-30-23-24-20-9-5-6-10-21(20)29-23/h2-10,18H,11-17H2,1H3. The lowest BCUT2D eigenvalue weighted by atomic mass is 10.1. The molecule has 30 heavy (non-hydrogen) atoms. The lowest BCUT2D eigenvalue weighted by molar-refractivity contribution is -0.131. The van der Waals surface area contributed by atoms with Crippen molar-refractivity contribution in [3.63, 3.8) is 0 Å². The summed E-state index contributed by atoms with van der Waals surface area (Å²) in [5.41, 5.74) is 2.69. The van der Waals surface area contributed by atoms with Crippen LogP contribution in [0.1, 0.15) is 12.5 Å². The molecule has 1 saturated heterocycles. The molecule has 1 unspecified atom stereocenters. The number of carbonyl (C=O) groups excluding carboxylic acids is 1. The first-order chi connectivity index (χ1) is 14.7. The molecule has 2 heterocycles. The highest BCUT2D eigenvalue weighted by atomic mass is 32.2. The SMILES string of the molecule is CC(CN1CCOCC1)N(Cc1ccccc1)C(=O)CSc1nc2ccccc2o1. The van der Waals surface area contributed by atoms with Gasteiger partial charge in [-0.2, -0.15) is 0 Å². The van der Waals surface area contributed by atoms with Gasteiger partial charge in [0, 0.05) is 32.2 Å². The van der Waals surface area contributed by atoms with E-state index in [0.717, 1.165) is 49.5 Å². The van der Waals surface area contributed by atoms with Gasteiger partial charge in [-0.25, -0.2) is 4.98 Å². The molecule has 7 heteroatoms. The van der Waals surface area contributed by atoms with Crippen molar-refractivity contribution in [1.29, 1.82) is 0 Å². The molecule has 1 amide bonds. The topological polar surface area (TPSA) is 58.8 Å². The van der Waals surface area contributed by atoms with Crippen LogP contribution in [0.15, 0.2) is 64.2 Å². The number of benzene rings is 2. The first kappa shape index (κ1) is 20.9. The quantitative estimate of drug-likeness (QED) is 0.513. The van der Waals surface area contributed by atoms with Gasteiger partial charge in [-0.1, -0.05) is 54.2 Å². The van der Waals surface area contributed by atoms with Crippen LogP contribution in [-0.2, 0) is 16.1 Å². The molecule has 4 rings (SSSR count). The van der Waals surface area contributed by atoms with E-state index in [-0.39, 0.29) is 11.9 Å². The number of rotatable bonds is 8. The number of oxazole rings is 1. The summed E-state index contributed by atoms with van der Waals surface area (Å²) < 4.78 is 11.2. The van der Waals surface area contributed by atoms with E-state index in [4.69, 9.17) is 9.15 Å². The second-order valence-electron chi connectivity index (χ2n) is 7.51. The minimum absolute atomic E-state index is 0.0897. The van der Waals surface area contributed by atoms with E-state index < -0.39 is 0 Å². The monoisotopic (exact) mass is 425 g/mol. The van der Waals surface area contributed by atoms with Crippen LogP contribution in [-0.4, -0.2) is 65.3 Å². The molecular weight excluding hydrogens is 398 g/mol. The second kappa shape index (κ2) is 10.1. The third-order valence-electron chi connectivity index (χ3n) is 5.27. The maximum absolute atomic E-state index is 13.2. The molecule has 1 fully saturated rings. The normalized spacial score (nSPS) is 15.9. The summed E-state index contributed by atoms with van der Waals surface area (Å²) in [6.07, 6.45) is 0. The maximum atomic E-state index is 13.2. The number of fused-ring (bicyclic) bond motifs is 1. The molecule has 0 N–H and O–H groups in total. The molecule has 158 valence electrons. The van der Waals surface area contributed by atoms with Crippen molar-refractivity contribution in [3.8, 4) is 0 Å². The molecule has 1 aliphatic heterocycles. The first-order valence-electron chi connectivity index (χ1n) is 10.3. The predicted molar refractivity (Wildman–Crippen MR) is 118 cm³/mol. The van der Waals surface area contributed by atoms with Crippen molar-refractivity contribution in [2.24, 2.45) is 0 Å². The van der Waals surface area contributed by atoms with E-state index in [2.05, 4.69) is 28.9 Å². The molecule has 0 radical (unpaired) electrons. The summed E-state index contributed by atoms with van der Waals surface area (Å²) in [5, 5.41) is 0.532. The smallest absolute Gasteiger partial charge is 0.257 e. The average Bonchev–Trinajstić information content (AvgIpc) is 3.20. The number of hydrogen-bond acceptors (Lipinski definition) is 6. The fourth-order valence-electron chi connectivity index (χ4n) is 3.65. The largest absolute Gasteiger partial charge is 0.431 e. The van der Waals surface area contributed by atoms with Gasteiger partial charge in [0.1, 0.15) is 5.52 Å². The van der Waals surface area contributed by atoms with E-state index in [1.54, 1.807) is 0 Å². The summed E-state index contributed by atoms with van der Waals surface area (Å²) in [4.78, 5) is 22.0. The highest BCUT2D eigenvalue weighted by Crippen LogP contribution is 2.24. The Morgan fingerprint density at radius 3 is 2.63 bits per heavy atom. The van der Waals surface area contributed by atoms with E-state index in [1.807, 2.05) is 47.4 Å². The molecule has 1 atom stereocenters. The van der Waals surface area contributed by atoms with Crippen LogP contribution >= 0.6 is 11.8 Å². The van der Waals surface area contributed by atoms with Crippen LogP contribution in [0, 0.1) is 0 Å². The van der Waals surface area contributed by atoms with Crippen molar-refractivity contribution in [1.82, 2.24) is 14.8 Å². The minimum atomic E-state index is 0.0897. The lowest BCUT2D eigenvalue weighted by Crippen LogP contribution is -2.48. The van der Waals surface area contributed by atoms with Gasteiger partial charge in [0.15, 0.2) is 5.58 Å². The van der Waals surface area contributed by atoms with Crippen LogP contribution in [0.4, 0.5) is 0 Å². The number of morpholine rings is 1. The number of para-hydroxylation sites is 2. The first-order valence-corrected chi connectivity index (χ1v) is 11.3. The second-order valence-corrected chi connectivity index (χ2v) is 8.43. The summed E-state index contributed by atoms with van der Waals surface area (Å²) in [7, 11) is 0. The third-order valence-corrected chi connectivity index (χ3v) is 6.08. The van der Waals surface area contributed by atoms with E-state index in [0.29, 0.717) is 17.5 Å². The van der Waals surface area contributed by atoms with Gasteiger partial charge in [0.05, 0.1) is 19.0 Å². The molecule has 1 aliphatic rings. The number of ether oxygens (including phenoxy) is 1. The molecule has 3 aromatic rings. The average molecular weight is 426 g/mol. The fourth-order valence-corrected chi connectivity index (χ4v) is 4.37. The summed E-state index contributed by atoms with van der Waals surface area (Å²) in [6, 6.07) is 17.9. The zero-order valence-corrected chi connectivity index (χ0v) is 18.0. The van der Waals surface area contributed by atoms with E-state index in [9.17, 15) is 4.79 Å². The van der Waals surface area contributed by atoms with Crippen molar-refractivity contribution in [3.05, 3.63) is 60.2 Å². The maximum Gasteiger partial charge on any atom is 0.257 e. The van der Waals surface area contributed by atoms with Gasteiger partial charge in [0.25, 0.3) is 5.22 Å². The van der Waals surface area contributed by atoms with Crippen molar-refractivity contribution in [2.75, 3.05) is 38.6 Å². The van der Waals surface area contributed by atoms with E-state index in [1.165, 1.54) is 11.8 Å². The van der Waals surface area contributed by atoms with Crippen LogP contribution in [0.5, 0.6) is 0 Å². The highest BCUT2D eigenvalue weighted by molar-refractivity contribution is 7.99. The molecule has 0 saturated carbocycles. The number of carbonyl (C=O) groups is 1. The lowest BCUT2D eigenvalue weighted by Gasteiger charge is -2.35. The molecule has 1 aromatic heterocycles. The van der Waals surface area contributed by atoms with Crippen LogP contribution < -0.4 is 0 Å². The molecule has 0 aliphatic carbocycles. The Hall–Kier alpha value is -2.35. The summed E-state index contributed by atoms with van der Waals surface area (Å²) in [5.74, 6) is 0.388. The number of nitrogens with zero attached hydrogens (tertiary/aromatic N) is 3. The van der Waals surface area contributed by atoms with Crippen LogP contribution in [0.3, 0.4) is 0 Å². The number of hydrogen-bond donors (Lipinski definition) is 0. The Labute approximate surface area is 181 Å². The Morgan fingerprint density at radius 1 is 1.13 bits per heavy atom. The zero-order chi connectivity index (χ0) is 20.8. The van der Waals surface area contributed by atoms with Crippen LogP contribution in [0.25, 0.3) is 11.1 Å². The Bertz CT molecular complexity index is 923. The molecule has 0 spiro atoms. The van der Waals surface area contributed by atoms with Gasteiger partial charge in [0.2, 0.25) is 5.91 Å². The Balaban J connectivity index is 1.43. The van der Waals surface area contributed by atoms with Gasteiger partial charge < -0.3 is 14.1 Å². The van der Waals surface area contributed by atoms with Gasteiger partial charge in [-0.15, -0.1) is 0 Å². The Morgan fingerprint density at radius 2 is 1.87 bits per heavy atom. The van der Waals surface area contributed by atoms with Gasteiger partial charge in [-0.3, -0.25) is 9.69 Å². The molecule has 6 nitrogen and oxygen atoms in total. The van der Waals surface area contributed by atoms with E-state index >= 15 is 0 Å². The fraction of sp³-hybridized carbons (Fsp3) is 0.391. The van der Waals surface area contributed by atoms with Crippen molar-refractivity contribution >= 4 is 28.8 Å². The zero-order valence-electron chi connectivity index (χ0n) is 17.2.